The predicted octanol–water partition coefficient (Wildman–Crippen LogP) is 7.68. The number of nitrogens with zero attached hydrogens (tertiary/aromatic N) is 4. The van der Waals surface area contributed by atoms with Gasteiger partial charge < -0.3 is 24.4 Å². The summed E-state index contributed by atoms with van der Waals surface area (Å²) >= 11 is 14.2. The molecule has 2 aliphatic heterocycles. The molecule has 4 aromatic rings. The molecular formula is C41H47Cl2N5O5. The van der Waals surface area contributed by atoms with Crippen molar-refractivity contribution in [2.45, 2.75) is 65.3 Å². The van der Waals surface area contributed by atoms with Crippen LogP contribution >= 0.6 is 23.2 Å². The zero-order valence-electron chi connectivity index (χ0n) is 31.0. The van der Waals surface area contributed by atoms with E-state index >= 15 is 0 Å². The fraction of sp³-hybridized carbons (Fsp3) is 0.415. The lowest BCUT2D eigenvalue weighted by molar-refractivity contribution is -0.151. The number of carbonyl (C=O) groups is 2. The molecule has 10 nitrogen and oxygen atoms in total. The van der Waals surface area contributed by atoms with Crippen LogP contribution in [0.1, 0.15) is 51.2 Å². The number of hydrogen-bond acceptors (Lipinski definition) is 9. The van der Waals surface area contributed by atoms with Gasteiger partial charge in [0.25, 0.3) is 0 Å². The fourth-order valence-electron chi connectivity index (χ4n) is 7.13. The van der Waals surface area contributed by atoms with Crippen LogP contribution in [-0.2, 0) is 27.4 Å². The van der Waals surface area contributed by atoms with Gasteiger partial charge in [0.1, 0.15) is 5.75 Å². The summed E-state index contributed by atoms with van der Waals surface area (Å²) in [6.45, 7) is 9.61. The van der Waals surface area contributed by atoms with Gasteiger partial charge in [-0.1, -0.05) is 59.6 Å². The summed E-state index contributed by atoms with van der Waals surface area (Å²) in [6, 6.07) is 17.9. The number of carbonyl (C=O) groups excluding carboxylic acids is 2. The van der Waals surface area contributed by atoms with Gasteiger partial charge in [-0.25, -0.2) is 4.98 Å². The first-order chi connectivity index (χ1) is 25.6. The molecule has 0 spiro atoms. The van der Waals surface area contributed by atoms with Crippen LogP contribution in [0.5, 0.6) is 11.6 Å². The second-order valence-electron chi connectivity index (χ2n) is 13.9. The van der Waals surface area contributed by atoms with Crippen LogP contribution in [-0.4, -0.2) is 84.2 Å². The van der Waals surface area contributed by atoms with Crippen LogP contribution < -0.4 is 14.8 Å². The third-order valence-electron chi connectivity index (χ3n) is 10.0. The van der Waals surface area contributed by atoms with Crippen molar-refractivity contribution in [1.82, 2.24) is 25.1 Å². The van der Waals surface area contributed by atoms with Crippen molar-refractivity contribution in [2.75, 3.05) is 40.4 Å². The van der Waals surface area contributed by atoms with Gasteiger partial charge in [-0.3, -0.25) is 19.5 Å². The molecule has 0 radical (unpaired) electrons. The number of nitrogens with one attached hydrogen (secondary N) is 1. The standard InChI is InChI=1S/C41H47Cl2N5O5/c1-25(2)53-41(50)30-14-18-47(24-30)23-29-10-9-27(21-36(29)51-4)39-38(43)33(13-17-44-39)32-7-6-8-34(37(32)42)35-12-11-28(40(46-35)52-5)22-45-31-15-19-48(20-16-31)26(3)49/h6-13,17,21,25,30-31,45H,14-16,18-20,22-24H2,1-5H3/t30-/m1/s1. The molecule has 2 aliphatic rings. The molecule has 2 fully saturated rings. The summed E-state index contributed by atoms with van der Waals surface area (Å²) in [5.41, 5.74) is 6.30. The second-order valence-corrected chi connectivity index (χ2v) is 14.7. The molecule has 0 aliphatic carbocycles. The molecule has 12 heteroatoms. The lowest BCUT2D eigenvalue weighted by Crippen LogP contribution is -2.44. The first-order valence-corrected chi connectivity index (χ1v) is 18.9. The van der Waals surface area contributed by atoms with Crippen molar-refractivity contribution in [3.8, 4) is 45.3 Å². The summed E-state index contributed by atoms with van der Waals surface area (Å²) in [5, 5.41) is 4.58. The van der Waals surface area contributed by atoms with Gasteiger partial charge in [-0.2, -0.15) is 0 Å². The molecule has 6 rings (SSSR count). The number of rotatable bonds is 12. The van der Waals surface area contributed by atoms with Gasteiger partial charge in [-0.05, 0) is 57.9 Å². The molecule has 4 heterocycles. The summed E-state index contributed by atoms with van der Waals surface area (Å²) in [4.78, 5) is 37.8. The molecular weight excluding hydrogens is 713 g/mol. The highest BCUT2D eigenvalue weighted by Crippen LogP contribution is 2.42. The minimum Gasteiger partial charge on any atom is -0.496 e. The molecule has 2 saturated heterocycles. The summed E-state index contributed by atoms with van der Waals surface area (Å²) < 4.78 is 17.0. The number of esters is 1. The van der Waals surface area contributed by atoms with Gasteiger partial charge in [0.2, 0.25) is 11.8 Å². The smallest absolute Gasteiger partial charge is 0.310 e. The van der Waals surface area contributed by atoms with Crippen molar-refractivity contribution >= 4 is 35.1 Å². The number of amides is 1. The Kier molecular flexibility index (Phi) is 12.6. The molecule has 53 heavy (non-hydrogen) atoms. The van der Waals surface area contributed by atoms with Gasteiger partial charge >= 0.3 is 5.97 Å². The molecule has 2 aromatic heterocycles. The molecule has 0 bridgehead atoms. The Hall–Kier alpha value is -4.22. The highest BCUT2D eigenvalue weighted by molar-refractivity contribution is 6.39. The maximum Gasteiger partial charge on any atom is 0.310 e. The Bertz CT molecular complexity index is 1950. The Morgan fingerprint density at radius 1 is 0.906 bits per heavy atom. The van der Waals surface area contributed by atoms with Crippen LogP contribution in [0.15, 0.2) is 60.8 Å². The maximum absolute atomic E-state index is 12.5. The van der Waals surface area contributed by atoms with E-state index in [2.05, 4.69) is 15.2 Å². The van der Waals surface area contributed by atoms with E-state index in [1.807, 2.05) is 73.3 Å². The number of hydrogen-bond donors (Lipinski definition) is 1. The third kappa shape index (κ3) is 8.95. The number of pyridine rings is 2. The normalized spacial score (nSPS) is 16.6. The van der Waals surface area contributed by atoms with E-state index in [0.717, 1.165) is 78.0 Å². The number of aromatic nitrogens is 2. The van der Waals surface area contributed by atoms with Gasteiger partial charge in [0.15, 0.2) is 0 Å². The summed E-state index contributed by atoms with van der Waals surface area (Å²) in [5.74, 6) is 1.12. The van der Waals surface area contributed by atoms with E-state index in [4.69, 9.17) is 42.4 Å². The highest BCUT2D eigenvalue weighted by atomic mass is 35.5. The van der Waals surface area contributed by atoms with Crippen LogP contribution in [0.2, 0.25) is 10.0 Å². The first kappa shape index (κ1) is 38.5. The number of piperidine rings is 1. The second kappa shape index (κ2) is 17.3. The SMILES string of the molecule is COc1cc(-c2nccc(-c3cccc(-c4ccc(CNC5CCN(C(C)=O)CC5)c(OC)n4)c3Cl)c2Cl)ccc1CN1CC[C@@H](C(=O)OC(C)C)C1. The molecule has 1 N–H and O–H groups in total. The van der Waals surface area contributed by atoms with Crippen molar-refractivity contribution in [3.63, 3.8) is 0 Å². The largest absolute Gasteiger partial charge is 0.496 e. The number of likely N-dealkylation sites (tertiary alicyclic amines) is 2. The van der Waals surface area contributed by atoms with Gasteiger partial charge in [-0.15, -0.1) is 0 Å². The van der Waals surface area contributed by atoms with E-state index in [0.29, 0.717) is 53.0 Å². The first-order valence-electron chi connectivity index (χ1n) is 18.1. The number of halogens is 2. The minimum atomic E-state index is -0.131. The van der Waals surface area contributed by atoms with E-state index in [9.17, 15) is 9.59 Å². The zero-order chi connectivity index (χ0) is 37.6. The van der Waals surface area contributed by atoms with Crippen LogP contribution in [0.25, 0.3) is 33.6 Å². The van der Waals surface area contributed by atoms with E-state index < -0.39 is 0 Å². The quantitative estimate of drug-likeness (QED) is 0.146. The molecule has 280 valence electrons. The topological polar surface area (TPSA) is 106 Å². The van der Waals surface area contributed by atoms with Crippen LogP contribution in [0, 0.1) is 5.92 Å². The van der Waals surface area contributed by atoms with Gasteiger partial charge in [0.05, 0.1) is 47.7 Å². The predicted molar refractivity (Wildman–Crippen MR) is 208 cm³/mol. The Morgan fingerprint density at radius 2 is 1.64 bits per heavy atom. The summed E-state index contributed by atoms with van der Waals surface area (Å²) in [6.07, 6.45) is 4.20. The van der Waals surface area contributed by atoms with E-state index in [1.165, 1.54) is 0 Å². The summed E-state index contributed by atoms with van der Waals surface area (Å²) in [7, 11) is 3.27. The minimum absolute atomic E-state index is 0.118. The number of benzene rings is 2. The monoisotopic (exact) mass is 759 g/mol. The van der Waals surface area contributed by atoms with Crippen molar-refractivity contribution in [2.24, 2.45) is 5.92 Å². The average molecular weight is 761 g/mol. The Balaban J connectivity index is 1.19. The van der Waals surface area contributed by atoms with Gasteiger partial charge in [0, 0.05) is 85.3 Å². The van der Waals surface area contributed by atoms with Crippen molar-refractivity contribution in [1.29, 1.82) is 0 Å². The lowest BCUT2D eigenvalue weighted by Gasteiger charge is -2.31. The maximum atomic E-state index is 12.5. The highest BCUT2D eigenvalue weighted by Gasteiger charge is 2.30. The van der Waals surface area contributed by atoms with Crippen molar-refractivity contribution in [3.05, 3.63) is 82.0 Å². The molecule has 2 aromatic carbocycles. The number of methoxy groups -OCH3 is 2. The fourth-order valence-corrected chi connectivity index (χ4v) is 7.78. The zero-order valence-corrected chi connectivity index (χ0v) is 32.5. The van der Waals surface area contributed by atoms with Crippen LogP contribution in [0.4, 0.5) is 0 Å². The average Bonchev–Trinajstić information content (AvgIpc) is 3.63. The lowest BCUT2D eigenvalue weighted by atomic mass is 9.99. The van der Waals surface area contributed by atoms with E-state index in [-0.39, 0.29) is 23.9 Å². The molecule has 1 atom stereocenters. The molecule has 0 saturated carbocycles. The third-order valence-corrected chi connectivity index (χ3v) is 10.8. The van der Waals surface area contributed by atoms with Crippen LogP contribution in [0.3, 0.4) is 0 Å². The number of ether oxygens (including phenoxy) is 3. The Labute approximate surface area is 321 Å². The molecule has 1 amide bonds. The molecule has 0 unspecified atom stereocenters. The van der Waals surface area contributed by atoms with Crippen molar-refractivity contribution < 1.29 is 23.8 Å². The van der Waals surface area contributed by atoms with E-state index in [1.54, 1.807) is 27.3 Å². The Morgan fingerprint density at radius 3 is 2.36 bits per heavy atom.